The third-order valence-corrected chi connectivity index (χ3v) is 3.09. The Labute approximate surface area is 102 Å². The standard InChI is InChI=1S/C11H20ClN3O/c1-8(11(2,3)4)15(5)10-14-13-9(16-10)6-7-12/h8H,6-7H2,1-5H3. The molecular formula is C11H20ClN3O. The Morgan fingerprint density at radius 2 is 2.00 bits per heavy atom. The van der Waals surface area contributed by atoms with Gasteiger partial charge in [-0.15, -0.1) is 16.7 Å². The molecule has 1 aromatic rings. The third kappa shape index (κ3) is 3.11. The molecule has 92 valence electrons. The molecule has 1 atom stereocenters. The molecule has 1 aromatic heterocycles. The molecule has 1 unspecified atom stereocenters. The van der Waals surface area contributed by atoms with Crippen molar-refractivity contribution < 1.29 is 4.42 Å². The molecule has 0 amide bonds. The topological polar surface area (TPSA) is 42.2 Å². The van der Waals surface area contributed by atoms with E-state index in [2.05, 4.69) is 37.9 Å². The Hall–Kier alpha value is -0.770. The molecule has 0 N–H and O–H groups in total. The molecule has 0 aromatic carbocycles. The zero-order chi connectivity index (χ0) is 12.3. The highest BCUT2D eigenvalue weighted by Gasteiger charge is 2.26. The van der Waals surface area contributed by atoms with Gasteiger partial charge in [0.2, 0.25) is 5.89 Å². The van der Waals surface area contributed by atoms with Crippen LogP contribution in [0.4, 0.5) is 6.01 Å². The highest BCUT2D eigenvalue weighted by Crippen LogP contribution is 2.26. The van der Waals surface area contributed by atoms with Crippen molar-refractivity contribution in [2.45, 2.75) is 40.2 Å². The summed E-state index contributed by atoms with van der Waals surface area (Å²) in [6.45, 7) is 8.70. The lowest BCUT2D eigenvalue weighted by molar-refractivity contribution is 0.316. The van der Waals surface area contributed by atoms with E-state index < -0.39 is 0 Å². The van der Waals surface area contributed by atoms with Gasteiger partial charge in [0.15, 0.2) is 0 Å². The molecule has 16 heavy (non-hydrogen) atoms. The van der Waals surface area contributed by atoms with Crippen molar-refractivity contribution in [2.24, 2.45) is 5.41 Å². The molecule has 0 aliphatic rings. The van der Waals surface area contributed by atoms with Crippen molar-refractivity contribution in [1.29, 1.82) is 0 Å². The molecule has 0 spiro atoms. The van der Waals surface area contributed by atoms with Crippen molar-refractivity contribution in [2.75, 3.05) is 17.8 Å². The predicted octanol–water partition coefficient (Wildman–Crippen LogP) is 2.72. The second-order valence-corrected chi connectivity index (χ2v) is 5.45. The van der Waals surface area contributed by atoms with Crippen LogP contribution in [0.5, 0.6) is 0 Å². The van der Waals surface area contributed by atoms with Crippen LogP contribution in [0.15, 0.2) is 4.42 Å². The van der Waals surface area contributed by atoms with E-state index in [-0.39, 0.29) is 5.41 Å². The number of anilines is 1. The monoisotopic (exact) mass is 245 g/mol. The molecule has 1 heterocycles. The van der Waals surface area contributed by atoms with Gasteiger partial charge < -0.3 is 9.32 Å². The molecule has 0 saturated carbocycles. The highest BCUT2D eigenvalue weighted by atomic mass is 35.5. The van der Waals surface area contributed by atoms with Crippen molar-refractivity contribution in [1.82, 2.24) is 10.2 Å². The lowest BCUT2D eigenvalue weighted by atomic mass is 9.87. The van der Waals surface area contributed by atoms with Gasteiger partial charge in [0, 0.05) is 25.4 Å². The summed E-state index contributed by atoms with van der Waals surface area (Å²) in [5, 5.41) is 7.97. The first-order valence-corrected chi connectivity index (χ1v) is 6.01. The van der Waals surface area contributed by atoms with E-state index >= 15 is 0 Å². The van der Waals surface area contributed by atoms with Gasteiger partial charge in [-0.3, -0.25) is 0 Å². The SMILES string of the molecule is CC(N(C)c1nnc(CCCl)o1)C(C)(C)C. The maximum Gasteiger partial charge on any atom is 0.318 e. The Morgan fingerprint density at radius 3 is 2.50 bits per heavy atom. The van der Waals surface area contributed by atoms with Crippen molar-refractivity contribution >= 4 is 17.6 Å². The number of aryl methyl sites for hydroxylation is 1. The van der Waals surface area contributed by atoms with E-state index in [1.807, 2.05) is 11.9 Å². The van der Waals surface area contributed by atoms with Crippen LogP contribution in [-0.4, -0.2) is 29.2 Å². The molecule has 1 rings (SSSR count). The number of alkyl halides is 1. The molecule has 4 nitrogen and oxygen atoms in total. The number of aromatic nitrogens is 2. The summed E-state index contributed by atoms with van der Waals surface area (Å²) in [6.07, 6.45) is 0.617. The van der Waals surface area contributed by atoms with Crippen LogP contribution in [0.1, 0.15) is 33.6 Å². The summed E-state index contributed by atoms with van der Waals surface area (Å²) in [4.78, 5) is 2.00. The summed E-state index contributed by atoms with van der Waals surface area (Å²) in [5.41, 5.74) is 0.163. The summed E-state index contributed by atoms with van der Waals surface area (Å²) < 4.78 is 5.52. The van der Waals surface area contributed by atoms with Gasteiger partial charge in [-0.2, -0.15) is 0 Å². The normalized spacial score (nSPS) is 13.9. The maximum atomic E-state index is 5.62. The summed E-state index contributed by atoms with van der Waals surface area (Å²) >= 11 is 5.62. The first-order valence-electron chi connectivity index (χ1n) is 5.47. The van der Waals surface area contributed by atoms with Gasteiger partial charge in [-0.05, 0) is 12.3 Å². The number of hydrogen-bond donors (Lipinski definition) is 0. The maximum absolute atomic E-state index is 5.62. The summed E-state index contributed by atoms with van der Waals surface area (Å²) in [7, 11) is 1.97. The van der Waals surface area contributed by atoms with E-state index in [4.69, 9.17) is 16.0 Å². The average molecular weight is 246 g/mol. The second kappa shape index (κ2) is 5.04. The van der Waals surface area contributed by atoms with Gasteiger partial charge in [0.1, 0.15) is 0 Å². The van der Waals surface area contributed by atoms with Crippen molar-refractivity contribution in [3.05, 3.63) is 5.89 Å². The zero-order valence-electron chi connectivity index (χ0n) is 10.6. The van der Waals surface area contributed by atoms with Gasteiger partial charge in [0.05, 0.1) is 0 Å². The lowest BCUT2D eigenvalue weighted by Gasteiger charge is -2.34. The number of nitrogens with zero attached hydrogens (tertiary/aromatic N) is 3. The lowest BCUT2D eigenvalue weighted by Crippen LogP contribution is -2.39. The van der Waals surface area contributed by atoms with E-state index in [0.29, 0.717) is 30.2 Å². The quantitative estimate of drug-likeness (QED) is 0.765. The number of hydrogen-bond acceptors (Lipinski definition) is 4. The van der Waals surface area contributed by atoms with Crippen LogP contribution in [0, 0.1) is 5.41 Å². The van der Waals surface area contributed by atoms with Crippen LogP contribution in [0.2, 0.25) is 0 Å². The average Bonchev–Trinajstić information content (AvgIpc) is 2.63. The molecule has 0 radical (unpaired) electrons. The predicted molar refractivity (Wildman–Crippen MR) is 66.0 cm³/mol. The molecule has 5 heteroatoms. The number of halogens is 1. The van der Waals surface area contributed by atoms with Crippen LogP contribution in [-0.2, 0) is 6.42 Å². The third-order valence-electron chi connectivity index (χ3n) is 2.90. The van der Waals surface area contributed by atoms with Crippen LogP contribution in [0.25, 0.3) is 0 Å². The number of rotatable bonds is 4. The van der Waals surface area contributed by atoms with E-state index in [1.165, 1.54) is 0 Å². The molecule has 0 aliphatic carbocycles. The Morgan fingerprint density at radius 1 is 1.38 bits per heavy atom. The van der Waals surface area contributed by atoms with Crippen molar-refractivity contribution in [3.8, 4) is 0 Å². The molecular weight excluding hydrogens is 226 g/mol. The first kappa shape index (κ1) is 13.3. The van der Waals surface area contributed by atoms with Crippen LogP contribution >= 0.6 is 11.6 Å². The molecule has 0 aliphatic heterocycles. The van der Waals surface area contributed by atoms with E-state index in [9.17, 15) is 0 Å². The molecule has 0 fully saturated rings. The Balaban J connectivity index is 2.76. The van der Waals surface area contributed by atoms with Gasteiger partial charge >= 0.3 is 6.01 Å². The van der Waals surface area contributed by atoms with Gasteiger partial charge in [-0.25, -0.2) is 0 Å². The van der Waals surface area contributed by atoms with Crippen molar-refractivity contribution in [3.63, 3.8) is 0 Å². The van der Waals surface area contributed by atoms with Gasteiger partial charge in [0.25, 0.3) is 0 Å². The zero-order valence-corrected chi connectivity index (χ0v) is 11.4. The highest BCUT2D eigenvalue weighted by molar-refractivity contribution is 6.17. The fourth-order valence-corrected chi connectivity index (χ4v) is 1.48. The first-order chi connectivity index (χ1) is 7.36. The minimum atomic E-state index is 0.163. The van der Waals surface area contributed by atoms with Crippen LogP contribution in [0.3, 0.4) is 0 Å². The summed E-state index contributed by atoms with van der Waals surface area (Å²) in [5.74, 6) is 1.10. The minimum Gasteiger partial charge on any atom is -0.408 e. The second-order valence-electron chi connectivity index (χ2n) is 5.07. The minimum absolute atomic E-state index is 0.163. The summed E-state index contributed by atoms with van der Waals surface area (Å²) in [6, 6.07) is 0.874. The van der Waals surface area contributed by atoms with Crippen LogP contribution < -0.4 is 4.90 Å². The fraction of sp³-hybridized carbons (Fsp3) is 0.818. The Bertz CT molecular complexity index is 332. The van der Waals surface area contributed by atoms with E-state index in [0.717, 1.165) is 0 Å². The molecule has 0 bridgehead atoms. The fourth-order valence-electron chi connectivity index (χ4n) is 1.32. The Kier molecular flexibility index (Phi) is 4.19. The van der Waals surface area contributed by atoms with E-state index in [1.54, 1.807) is 0 Å². The smallest absolute Gasteiger partial charge is 0.318 e. The van der Waals surface area contributed by atoms with Gasteiger partial charge in [-0.1, -0.05) is 25.9 Å². The molecule has 0 saturated heterocycles. The largest absolute Gasteiger partial charge is 0.408 e.